The van der Waals surface area contributed by atoms with Crippen LogP contribution < -0.4 is 5.32 Å². The molecule has 98 valence electrons. The maximum absolute atomic E-state index is 11.8. The van der Waals surface area contributed by atoms with Gasteiger partial charge in [0.05, 0.1) is 4.88 Å². The van der Waals surface area contributed by atoms with E-state index in [4.69, 9.17) is 13.9 Å². The van der Waals surface area contributed by atoms with E-state index in [1.54, 1.807) is 12.1 Å². The first kappa shape index (κ1) is 11.7. The molecule has 0 unspecified atom stereocenters. The molecule has 0 aromatic carbocycles. The first-order chi connectivity index (χ1) is 9.33. The van der Waals surface area contributed by atoms with Gasteiger partial charge < -0.3 is 13.9 Å². The van der Waals surface area contributed by atoms with Gasteiger partial charge in [0.1, 0.15) is 19.5 Å². The zero-order valence-corrected chi connectivity index (χ0v) is 10.5. The summed E-state index contributed by atoms with van der Waals surface area (Å²) in [5.41, 5.74) is 0. The van der Waals surface area contributed by atoms with Gasteiger partial charge in [-0.3, -0.25) is 10.1 Å². The summed E-state index contributed by atoms with van der Waals surface area (Å²) in [6.45, 7) is 0.907. The van der Waals surface area contributed by atoms with Crippen molar-refractivity contribution >= 4 is 29.0 Å². The molecule has 0 fully saturated rings. The lowest BCUT2D eigenvalue weighted by Crippen LogP contribution is -2.10. The zero-order valence-electron chi connectivity index (χ0n) is 9.66. The average molecular weight is 279 g/mol. The van der Waals surface area contributed by atoms with Crippen LogP contribution in [0.2, 0.25) is 0 Å². The maximum Gasteiger partial charge on any atom is 0.322 e. The van der Waals surface area contributed by atoms with Crippen molar-refractivity contribution in [1.82, 2.24) is 10.2 Å². The van der Waals surface area contributed by atoms with Gasteiger partial charge >= 0.3 is 6.01 Å². The lowest BCUT2D eigenvalue weighted by Gasteiger charge is -2.11. The Morgan fingerprint density at radius 1 is 1.37 bits per heavy atom. The van der Waals surface area contributed by atoms with Gasteiger partial charge in [-0.1, -0.05) is 11.2 Å². The van der Waals surface area contributed by atoms with Crippen molar-refractivity contribution in [1.29, 1.82) is 0 Å². The van der Waals surface area contributed by atoms with Crippen molar-refractivity contribution < 1.29 is 18.7 Å². The summed E-state index contributed by atoms with van der Waals surface area (Å²) in [5.74, 6) is 0.233. The number of nitrogens with one attached hydrogen (secondary N) is 1. The molecule has 0 aliphatic carbocycles. The summed E-state index contributed by atoms with van der Waals surface area (Å²) < 4.78 is 15.6. The molecule has 8 heteroatoms. The van der Waals surface area contributed by atoms with Crippen molar-refractivity contribution in [3.63, 3.8) is 0 Å². The van der Waals surface area contributed by atoms with Crippen molar-refractivity contribution in [2.45, 2.75) is 0 Å². The van der Waals surface area contributed by atoms with E-state index in [-0.39, 0.29) is 17.8 Å². The lowest BCUT2D eigenvalue weighted by molar-refractivity contribution is 0.102. The summed E-state index contributed by atoms with van der Waals surface area (Å²) in [6.07, 6.45) is 1.40. The number of carbonyl (C=O) groups excluding carboxylic acids is 1. The molecule has 1 aliphatic rings. The van der Waals surface area contributed by atoms with Crippen molar-refractivity contribution in [3.8, 4) is 0 Å². The van der Waals surface area contributed by atoms with Crippen molar-refractivity contribution in [2.24, 2.45) is 0 Å². The van der Waals surface area contributed by atoms with Crippen LogP contribution in [0, 0.1) is 0 Å². The van der Waals surface area contributed by atoms with Crippen LogP contribution in [-0.2, 0) is 9.47 Å². The molecule has 19 heavy (non-hydrogen) atoms. The number of amides is 1. The van der Waals surface area contributed by atoms with E-state index in [1.165, 1.54) is 17.6 Å². The summed E-state index contributed by atoms with van der Waals surface area (Å²) >= 11 is 1.33. The Bertz CT molecular complexity index is 605. The van der Waals surface area contributed by atoms with Crippen LogP contribution >= 0.6 is 11.3 Å². The molecular formula is C11H9N3O4S. The normalized spacial score (nSPS) is 14.2. The average Bonchev–Trinajstić information content (AvgIpc) is 3.11. The maximum atomic E-state index is 11.8. The SMILES string of the molecule is O=C(Nc1nnc(C2=COCCO2)o1)c1cccs1. The molecular weight excluding hydrogens is 270 g/mol. The van der Waals surface area contributed by atoms with Gasteiger partial charge in [0, 0.05) is 0 Å². The van der Waals surface area contributed by atoms with Crippen LogP contribution in [-0.4, -0.2) is 29.3 Å². The molecule has 2 aromatic heterocycles. The summed E-state index contributed by atoms with van der Waals surface area (Å²) in [5, 5.41) is 11.8. The van der Waals surface area contributed by atoms with E-state index in [0.717, 1.165) is 0 Å². The number of nitrogens with zero attached hydrogens (tertiary/aromatic N) is 2. The van der Waals surface area contributed by atoms with Crippen molar-refractivity contribution in [3.05, 3.63) is 34.5 Å². The first-order valence-corrected chi connectivity index (χ1v) is 6.34. The molecule has 0 bridgehead atoms. The van der Waals surface area contributed by atoms with Crippen LogP contribution in [0.15, 0.2) is 28.2 Å². The van der Waals surface area contributed by atoms with E-state index >= 15 is 0 Å². The predicted octanol–water partition coefficient (Wildman–Crippen LogP) is 1.73. The highest BCUT2D eigenvalue weighted by Crippen LogP contribution is 2.19. The third kappa shape index (κ3) is 2.58. The standard InChI is InChI=1S/C11H9N3O4S/c15-9(8-2-1-5-19-8)12-11-14-13-10(18-11)7-6-16-3-4-17-7/h1-2,5-6H,3-4H2,(H,12,14,15). The molecule has 1 amide bonds. The number of anilines is 1. The quantitative estimate of drug-likeness (QED) is 0.920. The van der Waals surface area contributed by atoms with Gasteiger partial charge in [0.25, 0.3) is 11.8 Å². The number of rotatable bonds is 3. The van der Waals surface area contributed by atoms with Gasteiger partial charge in [0.2, 0.25) is 5.76 Å². The predicted molar refractivity (Wildman–Crippen MR) is 66.5 cm³/mol. The second kappa shape index (κ2) is 5.11. The van der Waals surface area contributed by atoms with Gasteiger partial charge in [-0.2, -0.15) is 0 Å². The summed E-state index contributed by atoms with van der Waals surface area (Å²) in [7, 11) is 0. The van der Waals surface area contributed by atoms with E-state index < -0.39 is 0 Å². The topological polar surface area (TPSA) is 86.5 Å². The Morgan fingerprint density at radius 3 is 3.05 bits per heavy atom. The fraction of sp³-hybridized carbons (Fsp3) is 0.182. The monoisotopic (exact) mass is 279 g/mol. The largest absolute Gasteiger partial charge is 0.494 e. The zero-order chi connectivity index (χ0) is 13.1. The minimum absolute atomic E-state index is 0.0171. The number of hydrogen-bond acceptors (Lipinski definition) is 7. The molecule has 3 heterocycles. The second-order valence-electron chi connectivity index (χ2n) is 3.55. The highest BCUT2D eigenvalue weighted by Gasteiger charge is 2.17. The molecule has 0 radical (unpaired) electrons. The Balaban J connectivity index is 1.71. The third-order valence-corrected chi connectivity index (χ3v) is 3.12. The van der Waals surface area contributed by atoms with Crippen LogP contribution in [0.25, 0.3) is 5.76 Å². The molecule has 0 saturated carbocycles. The fourth-order valence-electron chi connectivity index (χ4n) is 1.42. The summed E-state index contributed by atoms with van der Waals surface area (Å²) in [4.78, 5) is 12.3. The molecule has 1 aliphatic heterocycles. The minimum Gasteiger partial charge on any atom is -0.494 e. The Morgan fingerprint density at radius 2 is 2.32 bits per heavy atom. The molecule has 0 atom stereocenters. The molecule has 7 nitrogen and oxygen atoms in total. The molecule has 1 N–H and O–H groups in total. The highest BCUT2D eigenvalue weighted by atomic mass is 32.1. The van der Waals surface area contributed by atoms with E-state index in [1.807, 2.05) is 5.38 Å². The minimum atomic E-state index is -0.292. The molecule has 0 saturated heterocycles. The number of aromatic nitrogens is 2. The Hall–Kier alpha value is -2.35. The lowest BCUT2D eigenvalue weighted by atomic mass is 10.4. The van der Waals surface area contributed by atoms with E-state index in [2.05, 4.69) is 15.5 Å². The van der Waals surface area contributed by atoms with Crippen LogP contribution in [0.5, 0.6) is 0 Å². The van der Waals surface area contributed by atoms with Gasteiger partial charge in [-0.05, 0) is 11.4 Å². The van der Waals surface area contributed by atoms with Gasteiger partial charge in [-0.25, -0.2) is 0 Å². The van der Waals surface area contributed by atoms with E-state index in [0.29, 0.717) is 23.9 Å². The van der Waals surface area contributed by atoms with Crippen LogP contribution in [0.4, 0.5) is 6.01 Å². The highest BCUT2D eigenvalue weighted by molar-refractivity contribution is 7.12. The fourth-order valence-corrected chi connectivity index (χ4v) is 2.04. The number of hydrogen-bond donors (Lipinski definition) is 1. The van der Waals surface area contributed by atoms with Crippen molar-refractivity contribution in [2.75, 3.05) is 18.5 Å². The summed E-state index contributed by atoms with van der Waals surface area (Å²) in [6, 6.07) is 3.51. The van der Waals surface area contributed by atoms with Gasteiger partial charge in [0.15, 0.2) is 0 Å². The number of thiophene rings is 1. The molecule has 2 aromatic rings. The Labute approximate surface area is 111 Å². The van der Waals surface area contributed by atoms with Crippen LogP contribution in [0.3, 0.4) is 0 Å². The number of carbonyl (C=O) groups is 1. The third-order valence-electron chi connectivity index (χ3n) is 2.25. The molecule has 3 rings (SSSR count). The smallest absolute Gasteiger partial charge is 0.322 e. The second-order valence-corrected chi connectivity index (χ2v) is 4.49. The first-order valence-electron chi connectivity index (χ1n) is 5.46. The van der Waals surface area contributed by atoms with E-state index in [9.17, 15) is 4.79 Å². The number of ether oxygens (including phenoxy) is 2. The Kier molecular flexibility index (Phi) is 3.15. The van der Waals surface area contributed by atoms with Crippen LogP contribution in [0.1, 0.15) is 15.6 Å². The molecule has 0 spiro atoms. The van der Waals surface area contributed by atoms with Gasteiger partial charge in [-0.15, -0.1) is 16.4 Å².